The number of ketones is 1. The number of Topliss-reactive ketones (excluding diaryl/α,β-unsaturated/α-hetero) is 1. The van der Waals surface area contributed by atoms with E-state index in [2.05, 4.69) is 2.75 Å². The largest absolute Gasteiger partial charge is 0.574 e. The average Bonchev–Trinajstić information content (AvgIpc) is 2.07. The van der Waals surface area contributed by atoms with Gasteiger partial charge in [0.2, 0.25) is 0 Å². The molecular formula is C8H6IO2+. The highest BCUT2D eigenvalue weighted by molar-refractivity contribution is 14.1. The predicted molar refractivity (Wildman–Crippen MR) is 50.9 cm³/mol. The van der Waals surface area contributed by atoms with E-state index in [1.54, 1.807) is 35.1 Å². The van der Waals surface area contributed by atoms with Gasteiger partial charge in [0.15, 0.2) is 0 Å². The third-order valence-electron chi connectivity index (χ3n) is 1.21. The van der Waals surface area contributed by atoms with Gasteiger partial charge in [-0.15, -0.1) is 0 Å². The first-order valence-electron chi connectivity index (χ1n) is 3.04. The Morgan fingerprint density at radius 3 is 2.55 bits per heavy atom. The summed E-state index contributed by atoms with van der Waals surface area (Å²) >= 11 is 1.65. The number of carbonyl (C=O) groups excluding carboxylic acids is 2. The first-order chi connectivity index (χ1) is 5.34. The van der Waals surface area contributed by atoms with Crippen molar-refractivity contribution in [3.05, 3.63) is 35.9 Å². The second-order valence-electron chi connectivity index (χ2n) is 1.94. The molecule has 0 amide bonds. The van der Waals surface area contributed by atoms with Gasteiger partial charge in [-0.3, -0.25) is 4.79 Å². The highest BCUT2D eigenvalue weighted by atomic mass is 127. The summed E-state index contributed by atoms with van der Waals surface area (Å²) < 4.78 is 4.55. The first-order valence-corrected chi connectivity index (χ1v) is 3.92. The van der Waals surface area contributed by atoms with Crippen molar-refractivity contribution in [2.24, 2.45) is 0 Å². The molecule has 0 N–H and O–H groups in total. The van der Waals surface area contributed by atoms with Crippen LogP contribution in [0.4, 0.5) is 0 Å². The number of carbonyl (C=O) groups is 1. The quantitative estimate of drug-likeness (QED) is 0.263. The van der Waals surface area contributed by atoms with Gasteiger partial charge in [0.1, 0.15) is 0 Å². The Kier molecular flexibility index (Phi) is 3.22. The summed E-state index contributed by atoms with van der Waals surface area (Å²) in [4.78, 5) is 11.1. The standard InChI is InChI=1S/C8H6IO2/c9-11-6-8(10)7-4-2-1-3-5-7/h1-6H/q+1. The van der Waals surface area contributed by atoms with E-state index in [-0.39, 0.29) is 5.78 Å². The molecule has 0 aliphatic carbocycles. The van der Waals surface area contributed by atoms with Crippen LogP contribution in [0.1, 0.15) is 10.4 Å². The Labute approximate surface area is 78.6 Å². The summed E-state index contributed by atoms with van der Waals surface area (Å²) in [7, 11) is 0. The average molecular weight is 261 g/mol. The van der Waals surface area contributed by atoms with Gasteiger partial charge in [-0.05, 0) is 0 Å². The Morgan fingerprint density at radius 1 is 1.36 bits per heavy atom. The fourth-order valence-corrected chi connectivity index (χ4v) is 0.942. The molecule has 0 heterocycles. The van der Waals surface area contributed by atoms with Crippen LogP contribution in [0, 0.1) is 0 Å². The molecule has 0 saturated carbocycles. The summed E-state index contributed by atoms with van der Waals surface area (Å²) in [5.74, 6) is -0.111. The molecule has 1 aromatic carbocycles. The summed E-state index contributed by atoms with van der Waals surface area (Å²) in [5.41, 5.74) is 0.643. The molecule has 0 aliphatic rings. The van der Waals surface area contributed by atoms with E-state index in [1.807, 2.05) is 18.2 Å². The lowest BCUT2D eigenvalue weighted by Gasteiger charge is -1.86. The second kappa shape index (κ2) is 4.23. The molecule has 2 nitrogen and oxygen atoms in total. The van der Waals surface area contributed by atoms with Gasteiger partial charge in [-0.25, -0.2) is 0 Å². The minimum atomic E-state index is -0.111. The van der Waals surface area contributed by atoms with Gasteiger partial charge in [0.05, 0.1) is 0 Å². The van der Waals surface area contributed by atoms with Crippen molar-refractivity contribution in [2.45, 2.75) is 0 Å². The van der Waals surface area contributed by atoms with E-state index in [1.165, 1.54) is 6.29 Å². The van der Waals surface area contributed by atoms with Gasteiger partial charge in [0, 0.05) is 5.56 Å². The number of rotatable bonds is 2. The van der Waals surface area contributed by atoms with Crippen molar-refractivity contribution in [3.63, 3.8) is 0 Å². The molecule has 0 atom stereocenters. The van der Waals surface area contributed by atoms with Gasteiger partial charge in [0.25, 0.3) is 5.78 Å². The topological polar surface area (TPSA) is 28.4 Å². The van der Waals surface area contributed by atoms with Gasteiger partial charge in [-0.1, -0.05) is 30.3 Å². The lowest BCUT2D eigenvalue weighted by molar-refractivity contribution is -0.172. The lowest BCUT2D eigenvalue weighted by atomic mass is 10.1. The number of aldehydes is 1. The van der Waals surface area contributed by atoms with Crippen LogP contribution in [0.3, 0.4) is 0 Å². The molecule has 0 spiro atoms. The third-order valence-corrected chi connectivity index (χ3v) is 1.46. The second-order valence-corrected chi connectivity index (χ2v) is 2.45. The molecule has 0 aliphatic heterocycles. The lowest BCUT2D eigenvalue weighted by Crippen LogP contribution is -1.99. The SMILES string of the molecule is O=C(C=[O+]I)c1ccccc1. The molecule has 56 valence electrons. The third kappa shape index (κ3) is 2.42. The van der Waals surface area contributed by atoms with Crippen molar-refractivity contribution in [1.82, 2.24) is 0 Å². The molecule has 0 bridgehead atoms. The summed E-state index contributed by atoms with van der Waals surface area (Å²) in [6, 6.07) is 8.98. The summed E-state index contributed by atoms with van der Waals surface area (Å²) in [6.07, 6.45) is 1.18. The van der Waals surface area contributed by atoms with Crippen molar-refractivity contribution in [2.75, 3.05) is 0 Å². The van der Waals surface area contributed by atoms with Gasteiger partial charge in [-0.2, -0.15) is 2.75 Å². The van der Waals surface area contributed by atoms with Crippen molar-refractivity contribution >= 4 is 35.1 Å². The molecule has 0 aromatic heterocycles. The molecule has 3 heteroatoms. The zero-order chi connectivity index (χ0) is 8.10. The molecule has 11 heavy (non-hydrogen) atoms. The summed E-state index contributed by atoms with van der Waals surface area (Å²) in [5, 5.41) is 0. The van der Waals surface area contributed by atoms with E-state index in [0.29, 0.717) is 5.56 Å². The van der Waals surface area contributed by atoms with Crippen LogP contribution in [0.25, 0.3) is 0 Å². The highest BCUT2D eigenvalue weighted by Gasteiger charge is 2.06. The maximum atomic E-state index is 11.1. The number of hydrogen-bond acceptors (Lipinski definition) is 1. The fourth-order valence-electron chi connectivity index (χ4n) is 0.711. The Bertz CT molecular complexity index is 267. The molecule has 0 radical (unpaired) electrons. The minimum absolute atomic E-state index is 0.111. The molecule has 0 fully saturated rings. The first kappa shape index (κ1) is 8.39. The zero-order valence-corrected chi connectivity index (χ0v) is 7.82. The number of benzene rings is 1. The highest BCUT2D eigenvalue weighted by Crippen LogP contribution is 1.97. The van der Waals surface area contributed by atoms with Gasteiger partial charge < -0.3 is 0 Å². The van der Waals surface area contributed by atoms with Crippen LogP contribution in [0.2, 0.25) is 0 Å². The predicted octanol–water partition coefficient (Wildman–Crippen LogP) is 1.95. The van der Waals surface area contributed by atoms with Crippen molar-refractivity contribution < 1.29 is 7.55 Å². The van der Waals surface area contributed by atoms with Gasteiger partial charge >= 0.3 is 29.3 Å². The molecule has 0 saturated heterocycles. The normalized spacial score (nSPS) is 10.3. The Hall–Kier alpha value is -0.710. The van der Waals surface area contributed by atoms with Crippen LogP contribution in [0.15, 0.2) is 30.3 Å². The van der Waals surface area contributed by atoms with E-state index in [0.717, 1.165) is 0 Å². The van der Waals surface area contributed by atoms with Crippen LogP contribution in [-0.2, 0) is 2.75 Å². The molecular weight excluding hydrogens is 255 g/mol. The number of hydrogen-bond donors (Lipinski definition) is 0. The van der Waals surface area contributed by atoms with Crippen LogP contribution in [0.5, 0.6) is 0 Å². The van der Waals surface area contributed by atoms with Crippen LogP contribution >= 0.6 is 23.0 Å². The molecule has 1 rings (SSSR count). The van der Waals surface area contributed by atoms with E-state index in [4.69, 9.17) is 0 Å². The number of halogens is 1. The fraction of sp³-hybridized carbons (Fsp3) is 0. The van der Waals surface area contributed by atoms with Crippen molar-refractivity contribution in [1.29, 1.82) is 0 Å². The molecule has 0 unspecified atom stereocenters. The smallest absolute Gasteiger partial charge is 0.279 e. The Morgan fingerprint density at radius 2 is 2.00 bits per heavy atom. The maximum absolute atomic E-state index is 11.1. The van der Waals surface area contributed by atoms with Crippen LogP contribution in [-0.4, -0.2) is 12.1 Å². The Balaban J connectivity index is 2.86. The zero-order valence-electron chi connectivity index (χ0n) is 5.66. The maximum Gasteiger partial charge on any atom is 0.574 e. The minimum Gasteiger partial charge on any atom is -0.279 e. The van der Waals surface area contributed by atoms with Crippen LogP contribution < -0.4 is 0 Å². The monoisotopic (exact) mass is 261 g/mol. The molecule has 1 aromatic rings. The summed E-state index contributed by atoms with van der Waals surface area (Å²) in [6.45, 7) is 0. The van der Waals surface area contributed by atoms with Crippen molar-refractivity contribution in [3.8, 4) is 0 Å². The van der Waals surface area contributed by atoms with E-state index in [9.17, 15) is 4.79 Å². The van der Waals surface area contributed by atoms with E-state index < -0.39 is 0 Å². The van der Waals surface area contributed by atoms with E-state index >= 15 is 0 Å².